The lowest BCUT2D eigenvalue weighted by molar-refractivity contribution is -0.145. The summed E-state index contributed by atoms with van der Waals surface area (Å²) in [5.74, 6) is -0.110. The zero-order chi connectivity index (χ0) is 12.1. The van der Waals surface area contributed by atoms with Gasteiger partial charge in [-0.05, 0) is 6.92 Å². The molecule has 0 aromatic rings. The van der Waals surface area contributed by atoms with Crippen LogP contribution in [0.15, 0.2) is 4.99 Å². The summed E-state index contributed by atoms with van der Waals surface area (Å²) in [6.07, 6.45) is 1.42. The molecule has 0 saturated carbocycles. The summed E-state index contributed by atoms with van der Waals surface area (Å²) in [4.78, 5) is 25.2. The number of nitrogens with zero attached hydrogens (tertiary/aromatic N) is 1. The monoisotopic (exact) mass is 231 g/mol. The van der Waals surface area contributed by atoms with Crippen LogP contribution >= 0.6 is 11.8 Å². The lowest BCUT2D eigenvalue weighted by Crippen LogP contribution is -2.38. The van der Waals surface area contributed by atoms with Crippen molar-refractivity contribution in [3.8, 4) is 0 Å². The first-order valence-electron chi connectivity index (χ1n) is 4.56. The van der Waals surface area contributed by atoms with Crippen LogP contribution in [0.2, 0.25) is 0 Å². The standard InChI is InChI=1S/C10H17NO3S/c1-9(2,3)15-6-10(4,11-7-12)8(13)14-5/h6H2,1-5H3/t10-/m1/s1. The molecule has 0 aliphatic heterocycles. The Labute approximate surface area is 94.5 Å². The minimum absolute atomic E-state index is 0.00762. The van der Waals surface area contributed by atoms with E-state index in [1.807, 2.05) is 20.8 Å². The van der Waals surface area contributed by atoms with Crippen molar-refractivity contribution in [2.45, 2.75) is 38.0 Å². The second-order valence-electron chi connectivity index (χ2n) is 4.37. The molecule has 0 aliphatic rings. The first-order chi connectivity index (χ1) is 6.75. The van der Waals surface area contributed by atoms with Crippen LogP contribution in [0.1, 0.15) is 27.7 Å². The Bertz CT molecular complexity index is 279. The molecular formula is C10H17NO3S. The van der Waals surface area contributed by atoms with Gasteiger partial charge in [-0.1, -0.05) is 20.8 Å². The quantitative estimate of drug-likeness (QED) is 0.420. The maximum absolute atomic E-state index is 11.4. The third kappa shape index (κ3) is 5.00. The number of hydrogen-bond donors (Lipinski definition) is 0. The molecule has 0 aromatic carbocycles. The fourth-order valence-electron chi connectivity index (χ4n) is 0.814. The summed E-state index contributed by atoms with van der Waals surface area (Å²) in [5, 5.41) is 0. The number of isocyanates is 1. The second-order valence-corrected chi connectivity index (χ2v) is 6.17. The first kappa shape index (κ1) is 14.2. The molecule has 86 valence electrons. The number of esters is 1. The molecule has 0 bridgehead atoms. The highest BCUT2D eigenvalue weighted by Crippen LogP contribution is 2.29. The Morgan fingerprint density at radius 1 is 1.40 bits per heavy atom. The average molecular weight is 231 g/mol. The number of carbonyl (C=O) groups is 1. The molecule has 0 rings (SSSR count). The number of hydrogen-bond acceptors (Lipinski definition) is 5. The Morgan fingerprint density at radius 2 is 1.93 bits per heavy atom. The number of rotatable bonds is 4. The van der Waals surface area contributed by atoms with Gasteiger partial charge in [0, 0.05) is 10.5 Å². The fraction of sp³-hybridized carbons (Fsp3) is 0.800. The Hall–Kier alpha value is -0.800. The van der Waals surface area contributed by atoms with E-state index in [-0.39, 0.29) is 4.75 Å². The van der Waals surface area contributed by atoms with E-state index in [0.29, 0.717) is 5.75 Å². The van der Waals surface area contributed by atoms with Crippen molar-refractivity contribution in [1.29, 1.82) is 0 Å². The lowest BCUT2D eigenvalue weighted by atomic mass is 10.1. The van der Waals surface area contributed by atoms with Crippen molar-refractivity contribution in [2.75, 3.05) is 12.9 Å². The molecule has 0 aromatic heterocycles. The third-order valence-electron chi connectivity index (χ3n) is 1.70. The molecule has 4 nitrogen and oxygen atoms in total. The molecule has 1 atom stereocenters. The van der Waals surface area contributed by atoms with Crippen LogP contribution in [0.3, 0.4) is 0 Å². The van der Waals surface area contributed by atoms with Gasteiger partial charge in [0.05, 0.1) is 7.11 Å². The minimum atomic E-state index is -1.13. The number of ether oxygens (including phenoxy) is 1. The molecule has 0 spiro atoms. The molecule has 15 heavy (non-hydrogen) atoms. The zero-order valence-electron chi connectivity index (χ0n) is 9.79. The average Bonchev–Trinajstić information content (AvgIpc) is 2.13. The molecule has 0 heterocycles. The maximum Gasteiger partial charge on any atom is 0.335 e. The summed E-state index contributed by atoms with van der Waals surface area (Å²) < 4.78 is 4.62. The molecule has 0 aliphatic carbocycles. The largest absolute Gasteiger partial charge is 0.467 e. The molecule has 0 saturated heterocycles. The van der Waals surface area contributed by atoms with E-state index < -0.39 is 11.5 Å². The minimum Gasteiger partial charge on any atom is -0.467 e. The molecule has 0 fully saturated rings. The second kappa shape index (κ2) is 5.33. The number of carbonyl (C=O) groups excluding carboxylic acids is 2. The van der Waals surface area contributed by atoms with E-state index >= 15 is 0 Å². The molecule has 0 N–H and O–H groups in total. The summed E-state index contributed by atoms with van der Waals surface area (Å²) in [6.45, 7) is 7.66. The van der Waals surface area contributed by atoms with Crippen LogP contribution in [0, 0.1) is 0 Å². The lowest BCUT2D eigenvalue weighted by Gasteiger charge is -2.25. The van der Waals surface area contributed by atoms with Gasteiger partial charge < -0.3 is 4.74 Å². The first-order valence-corrected chi connectivity index (χ1v) is 5.55. The summed E-state index contributed by atoms with van der Waals surface area (Å²) in [5.41, 5.74) is -1.13. The maximum atomic E-state index is 11.4. The highest BCUT2D eigenvalue weighted by molar-refractivity contribution is 8.00. The van der Waals surface area contributed by atoms with Gasteiger partial charge in [-0.2, -0.15) is 16.8 Å². The fourth-order valence-corrected chi connectivity index (χ4v) is 1.71. The van der Waals surface area contributed by atoms with Crippen molar-refractivity contribution < 1.29 is 14.3 Å². The molecule has 0 amide bonds. The topological polar surface area (TPSA) is 55.7 Å². The van der Waals surface area contributed by atoms with Crippen molar-refractivity contribution in [3.63, 3.8) is 0 Å². The Kier molecular flexibility index (Phi) is 5.05. The Morgan fingerprint density at radius 3 is 2.27 bits per heavy atom. The van der Waals surface area contributed by atoms with Crippen LogP contribution in [0.4, 0.5) is 0 Å². The van der Waals surface area contributed by atoms with Crippen LogP contribution in [0.25, 0.3) is 0 Å². The van der Waals surface area contributed by atoms with Gasteiger partial charge in [0.25, 0.3) is 0 Å². The van der Waals surface area contributed by atoms with E-state index in [1.54, 1.807) is 18.7 Å². The van der Waals surface area contributed by atoms with Gasteiger partial charge in [0.2, 0.25) is 6.08 Å². The van der Waals surface area contributed by atoms with Crippen LogP contribution in [0.5, 0.6) is 0 Å². The van der Waals surface area contributed by atoms with Gasteiger partial charge in [-0.25, -0.2) is 9.59 Å². The van der Waals surface area contributed by atoms with E-state index in [4.69, 9.17) is 0 Å². The van der Waals surface area contributed by atoms with Gasteiger partial charge in [0.1, 0.15) is 0 Å². The van der Waals surface area contributed by atoms with Crippen molar-refractivity contribution >= 4 is 23.8 Å². The van der Waals surface area contributed by atoms with Gasteiger partial charge >= 0.3 is 5.97 Å². The van der Waals surface area contributed by atoms with E-state index in [1.165, 1.54) is 13.2 Å². The normalized spacial score (nSPS) is 15.0. The molecule has 0 radical (unpaired) electrons. The highest BCUT2D eigenvalue weighted by atomic mass is 32.2. The summed E-state index contributed by atoms with van der Waals surface area (Å²) >= 11 is 1.55. The van der Waals surface area contributed by atoms with Crippen molar-refractivity contribution in [3.05, 3.63) is 0 Å². The smallest absolute Gasteiger partial charge is 0.335 e. The van der Waals surface area contributed by atoms with Crippen LogP contribution in [-0.2, 0) is 14.3 Å². The molecular weight excluding hydrogens is 214 g/mol. The van der Waals surface area contributed by atoms with Crippen molar-refractivity contribution in [1.82, 2.24) is 0 Å². The number of thioether (sulfide) groups is 1. The van der Waals surface area contributed by atoms with Crippen LogP contribution < -0.4 is 0 Å². The van der Waals surface area contributed by atoms with Gasteiger partial charge in [0.15, 0.2) is 5.54 Å². The van der Waals surface area contributed by atoms with E-state index in [2.05, 4.69) is 9.73 Å². The highest BCUT2D eigenvalue weighted by Gasteiger charge is 2.35. The predicted octanol–water partition coefficient (Wildman–Crippen LogP) is 1.79. The third-order valence-corrected chi connectivity index (χ3v) is 3.28. The number of aliphatic imine (C=N–C) groups is 1. The molecule has 5 heteroatoms. The number of methoxy groups -OCH3 is 1. The van der Waals surface area contributed by atoms with Crippen molar-refractivity contribution in [2.24, 2.45) is 4.99 Å². The SMILES string of the molecule is COC(=O)[C@@](C)(CSC(C)(C)C)N=C=O. The summed E-state index contributed by atoms with van der Waals surface area (Å²) in [7, 11) is 1.28. The zero-order valence-corrected chi connectivity index (χ0v) is 10.6. The van der Waals surface area contributed by atoms with Gasteiger partial charge in [-0.15, -0.1) is 0 Å². The van der Waals surface area contributed by atoms with Crippen LogP contribution in [-0.4, -0.2) is 35.2 Å². The van der Waals surface area contributed by atoms with E-state index in [0.717, 1.165) is 0 Å². The Balaban J connectivity index is 4.67. The predicted molar refractivity (Wildman–Crippen MR) is 60.8 cm³/mol. The molecule has 0 unspecified atom stereocenters. The van der Waals surface area contributed by atoms with E-state index in [9.17, 15) is 9.59 Å². The summed E-state index contributed by atoms with van der Waals surface area (Å²) in [6, 6.07) is 0. The van der Waals surface area contributed by atoms with Gasteiger partial charge in [-0.3, -0.25) is 0 Å².